The molecule has 154 valence electrons. The van der Waals surface area contributed by atoms with Crippen molar-refractivity contribution in [1.82, 2.24) is 4.90 Å². The van der Waals surface area contributed by atoms with Gasteiger partial charge in [-0.3, -0.25) is 9.69 Å². The molecule has 0 radical (unpaired) electrons. The van der Waals surface area contributed by atoms with Gasteiger partial charge in [0.25, 0.3) is 5.91 Å². The van der Waals surface area contributed by atoms with Crippen molar-refractivity contribution in [2.24, 2.45) is 0 Å². The molecule has 2 aromatic rings. The highest BCUT2D eigenvalue weighted by Crippen LogP contribution is 2.35. The fraction of sp³-hybridized carbons (Fsp3) is 0.136. The number of thiocarbonyl (C=S) groups is 1. The number of thioether (sulfide) groups is 1. The van der Waals surface area contributed by atoms with Crippen molar-refractivity contribution >= 4 is 46.3 Å². The minimum Gasteiger partial charge on any atom is -0.497 e. The molecular formula is C22H19NO5S2. The number of carbonyl (C=O) groups is 2. The van der Waals surface area contributed by atoms with E-state index in [1.54, 1.807) is 61.7 Å². The highest BCUT2D eigenvalue weighted by molar-refractivity contribution is 8.26. The minimum absolute atomic E-state index is 0.168. The predicted octanol–water partition coefficient (Wildman–Crippen LogP) is 4.31. The third-order valence-corrected chi connectivity index (χ3v) is 5.58. The van der Waals surface area contributed by atoms with Crippen LogP contribution in [-0.2, 0) is 4.79 Å². The normalized spacial score (nSPS) is 14.7. The number of amides is 1. The lowest BCUT2D eigenvalue weighted by molar-refractivity contribution is -0.121. The van der Waals surface area contributed by atoms with Gasteiger partial charge in [0.15, 0.2) is 11.5 Å². The zero-order chi connectivity index (χ0) is 21.7. The van der Waals surface area contributed by atoms with E-state index >= 15 is 0 Å². The summed E-state index contributed by atoms with van der Waals surface area (Å²) in [7, 11) is 3.03. The molecule has 0 atom stereocenters. The van der Waals surface area contributed by atoms with E-state index < -0.39 is 5.97 Å². The van der Waals surface area contributed by atoms with Crippen LogP contribution in [0.5, 0.6) is 17.2 Å². The number of carbonyl (C=O) groups excluding carboxylic acids is 2. The van der Waals surface area contributed by atoms with Crippen LogP contribution < -0.4 is 14.2 Å². The van der Waals surface area contributed by atoms with E-state index in [-0.39, 0.29) is 11.7 Å². The smallest absolute Gasteiger partial charge is 0.343 e. The second kappa shape index (κ2) is 9.60. The average molecular weight is 442 g/mol. The lowest BCUT2D eigenvalue weighted by Crippen LogP contribution is -2.27. The van der Waals surface area contributed by atoms with E-state index in [9.17, 15) is 9.59 Å². The third kappa shape index (κ3) is 4.72. The molecule has 6 nitrogen and oxygen atoms in total. The number of esters is 1. The number of hydrogen-bond donors (Lipinski definition) is 0. The lowest BCUT2D eigenvalue weighted by Gasteiger charge is -2.11. The Bertz CT molecular complexity index is 1030. The number of nitrogens with zero attached hydrogens (tertiary/aromatic N) is 1. The maximum Gasteiger partial charge on any atom is 0.343 e. The Morgan fingerprint density at radius 1 is 1.13 bits per heavy atom. The molecule has 1 heterocycles. The van der Waals surface area contributed by atoms with Crippen molar-refractivity contribution in [2.45, 2.75) is 0 Å². The molecule has 1 aliphatic rings. The summed E-state index contributed by atoms with van der Waals surface area (Å²) in [5, 5.41) is 0. The Kier molecular flexibility index (Phi) is 6.91. The second-order valence-electron chi connectivity index (χ2n) is 6.11. The van der Waals surface area contributed by atoms with Gasteiger partial charge in [-0.05, 0) is 48.0 Å². The van der Waals surface area contributed by atoms with Gasteiger partial charge in [-0.1, -0.05) is 36.1 Å². The lowest BCUT2D eigenvalue weighted by atomic mass is 10.1. The third-order valence-electron chi connectivity index (χ3n) is 4.20. The molecule has 1 aliphatic heterocycles. The summed E-state index contributed by atoms with van der Waals surface area (Å²) in [4.78, 5) is 26.9. The highest BCUT2D eigenvalue weighted by atomic mass is 32.2. The monoisotopic (exact) mass is 441 g/mol. The Morgan fingerprint density at radius 3 is 2.50 bits per heavy atom. The van der Waals surface area contributed by atoms with E-state index in [0.29, 0.717) is 32.8 Å². The van der Waals surface area contributed by atoms with Crippen molar-refractivity contribution in [3.05, 3.63) is 71.2 Å². The second-order valence-corrected chi connectivity index (χ2v) is 7.79. The average Bonchev–Trinajstić information content (AvgIpc) is 3.02. The molecule has 0 unspecified atom stereocenters. The number of benzene rings is 2. The maximum atomic E-state index is 12.5. The molecule has 30 heavy (non-hydrogen) atoms. The quantitative estimate of drug-likeness (QED) is 0.209. The summed E-state index contributed by atoms with van der Waals surface area (Å²) in [6.07, 6.45) is 3.35. The summed E-state index contributed by atoms with van der Waals surface area (Å²) in [5.74, 6) is 0.599. The first kappa shape index (κ1) is 21.6. The fourth-order valence-corrected chi connectivity index (χ4v) is 3.96. The van der Waals surface area contributed by atoms with Crippen LogP contribution in [0.2, 0.25) is 0 Å². The molecule has 0 N–H and O–H groups in total. The predicted molar refractivity (Wildman–Crippen MR) is 121 cm³/mol. The molecule has 0 bridgehead atoms. The minimum atomic E-state index is -0.519. The van der Waals surface area contributed by atoms with Crippen LogP contribution in [0.25, 0.3) is 6.08 Å². The molecular weight excluding hydrogens is 422 g/mol. The zero-order valence-corrected chi connectivity index (χ0v) is 18.0. The van der Waals surface area contributed by atoms with E-state index in [4.69, 9.17) is 26.4 Å². The molecule has 2 aromatic carbocycles. The van der Waals surface area contributed by atoms with Gasteiger partial charge in [0.1, 0.15) is 10.1 Å². The van der Waals surface area contributed by atoms with Gasteiger partial charge in [-0.15, -0.1) is 6.58 Å². The highest BCUT2D eigenvalue weighted by Gasteiger charge is 2.31. The summed E-state index contributed by atoms with van der Waals surface area (Å²) in [5.41, 5.74) is 1.10. The number of rotatable bonds is 7. The van der Waals surface area contributed by atoms with Crippen molar-refractivity contribution in [2.75, 3.05) is 20.8 Å². The number of hydrogen-bond acceptors (Lipinski definition) is 7. The van der Waals surface area contributed by atoms with Crippen LogP contribution in [0.4, 0.5) is 0 Å². The first-order valence-corrected chi connectivity index (χ1v) is 10.1. The molecule has 8 heteroatoms. The van der Waals surface area contributed by atoms with Crippen LogP contribution in [0.15, 0.2) is 60.0 Å². The standard InChI is InChI=1S/C22H19NO5S2/c1-4-11-23-20(24)19(30-22(23)29)13-14-5-10-17(18(12-14)27-3)28-21(25)15-6-8-16(26-2)9-7-15/h4-10,12-13H,1,11H2,2-3H3/b19-13+. The van der Waals surface area contributed by atoms with Gasteiger partial charge < -0.3 is 14.2 Å². The molecule has 3 rings (SSSR count). The maximum absolute atomic E-state index is 12.5. The SMILES string of the molecule is C=CCN1C(=O)/C(=C\c2ccc(OC(=O)c3ccc(OC)cc3)c(OC)c2)SC1=S. The summed E-state index contributed by atoms with van der Waals surface area (Å²) >= 11 is 6.47. The van der Waals surface area contributed by atoms with E-state index in [1.807, 2.05) is 0 Å². The van der Waals surface area contributed by atoms with Crippen molar-refractivity contribution in [3.8, 4) is 17.2 Å². The van der Waals surface area contributed by atoms with Gasteiger partial charge in [-0.25, -0.2) is 4.79 Å². The topological polar surface area (TPSA) is 65.1 Å². The van der Waals surface area contributed by atoms with Crippen molar-refractivity contribution in [1.29, 1.82) is 0 Å². The zero-order valence-electron chi connectivity index (χ0n) is 16.4. The van der Waals surface area contributed by atoms with Crippen LogP contribution in [0.3, 0.4) is 0 Å². The molecule has 0 aromatic heterocycles. The molecule has 0 saturated carbocycles. The Morgan fingerprint density at radius 2 is 1.87 bits per heavy atom. The van der Waals surface area contributed by atoms with Crippen LogP contribution >= 0.6 is 24.0 Å². The molecule has 1 fully saturated rings. The van der Waals surface area contributed by atoms with Crippen LogP contribution in [0, 0.1) is 0 Å². The first-order chi connectivity index (χ1) is 14.5. The summed E-state index contributed by atoms with van der Waals surface area (Å²) < 4.78 is 16.4. The molecule has 0 spiro atoms. The number of methoxy groups -OCH3 is 2. The van der Waals surface area contributed by atoms with Crippen molar-refractivity contribution < 1.29 is 23.8 Å². The van der Waals surface area contributed by atoms with E-state index in [0.717, 1.165) is 5.56 Å². The van der Waals surface area contributed by atoms with Gasteiger partial charge in [0.05, 0.1) is 24.7 Å². The van der Waals surface area contributed by atoms with E-state index in [2.05, 4.69) is 6.58 Å². The van der Waals surface area contributed by atoms with Gasteiger partial charge in [-0.2, -0.15) is 0 Å². The van der Waals surface area contributed by atoms with Gasteiger partial charge >= 0.3 is 5.97 Å². The van der Waals surface area contributed by atoms with Gasteiger partial charge in [0.2, 0.25) is 0 Å². The van der Waals surface area contributed by atoms with Crippen LogP contribution in [-0.4, -0.2) is 41.9 Å². The summed E-state index contributed by atoms with van der Waals surface area (Å²) in [6, 6.07) is 11.6. The van der Waals surface area contributed by atoms with Gasteiger partial charge in [0, 0.05) is 6.54 Å². The fourth-order valence-electron chi connectivity index (χ4n) is 2.68. The van der Waals surface area contributed by atoms with Crippen molar-refractivity contribution in [3.63, 3.8) is 0 Å². The largest absolute Gasteiger partial charge is 0.497 e. The Hall–Kier alpha value is -3.10. The van der Waals surface area contributed by atoms with Crippen LogP contribution in [0.1, 0.15) is 15.9 Å². The van der Waals surface area contributed by atoms with E-state index in [1.165, 1.54) is 23.8 Å². The molecule has 0 aliphatic carbocycles. The first-order valence-electron chi connectivity index (χ1n) is 8.87. The molecule has 1 saturated heterocycles. The Labute approximate surface area is 184 Å². The summed E-state index contributed by atoms with van der Waals surface area (Å²) in [6.45, 7) is 4.01. The molecule has 1 amide bonds. The Balaban J connectivity index is 1.79. The number of ether oxygens (including phenoxy) is 3.